The molecule has 0 heterocycles. The van der Waals surface area contributed by atoms with E-state index in [2.05, 4.69) is 4.89 Å². The van der Waals surface area contributed by atoms with Gasteiger partial charge in [0.1, 0.15) is 0 Å². The van der Waals surface area contributed by atoms with Crippen LogP contribution in [0.5, 0.6) is 0 Å². The fraction of sp³-hybridized carbons (Fsp3) is 1.00. The van der Waals surface area contributed by atoms with E-state index in [4.69, 9.17) is 5.26 Å². The molecule has 2 nitrogen and oxygen atoms in total. The molecule has 0 rings (SSSR count). The van der Waals surface area contributed by atoms with Gasteiger partial charge in [0.15, 0.2) is 0 Å². The molecule has 0 saturated heterocycles. The Labute approximate surface area is 36.6 Å². The fourth-order valence-corrected chi connectivity index (χ4v) is 0. The second kappa shape index (κ2) is 9.71. The first-order chi connectivity index (χ1) is 1.41. The van der Waals surface area contributed by atoms with Crippen LogP contribution >= 0.6 is 0 Å². The van der Waals surface area contributed by atoms with Gasteiger partial charge in [-0.3, -0.25) is 5.26 Å². The van der Waals surface area contributed by atoms with Gasteiger partial charge in [-0.15, -0.1) is 0 Å². The summed E-state index contributed by atoms with van der Waals surface area (Å²) in [5.41, 5.74) is 0. The van der Waals surface area contributed by atoms with Crippen molar-refractivity contribution in [1.82, 2.24) is 0 Å². The molecule has 0 aliphatic carbocycles. The van der Waals surface area contributed by atoms with Gasteiger partial charge >= 0.3 is 0 Å². The van der Waals surface area contributed by atoms with Crippen LogP contribution < -0.4 is 0 Å². The molecule has 0 aromatic rings. The Hall–Kier alpha value is 0.504. The van der Waals surface area contributed by atoms with Crippen LogP contribution in [-0.4, -0.2) is 12.4 Å². The van der Waals surface area contributed by atoms with Crippen molar-refractivity contribution in [3.8, 4) is 0 Å². The van der Waals surface area contributed by atoms with E-state index in [1.54, 1.807) is 0 Å². The molecule has 0 bridgehead atoms. The second-order valence-corrected chi connectivity index (χ2v) is 0.183. The molecule has 4 heavy (non-hydrogen) atoms. The zero-order valence-corrected chi connectivity index (χ0v) is 3.70. The van der Waals surface area contributed by atoms with E-state index >= 15 is 0 Å². The smallest absolute Gasteiger partial charge is 0.0710 e. The van der Waals surface area contributed by atoms with Gasteiger partial charge in [-0.25, -0.2) is 4.89 Å². The topological polar surface area (TPSA) is 29.5 Å². The van der Waals surface area contributed by atoms with Crippen molar-refractivity contribution in [2.45, 2.75) is 0 Å². The zero-order valence-electron chi connectivity index (χ0n) is 2.30. The Balaban J connectivity index is 0. The summed E-state index contributed by atoms with van der Waals surface area (Å²) in [5.74, 6) is 0. The van der Waals surface area contributed by atoms with E-state index in [9.17, 15) is 0 Å². The Kier molecular flexibility index (Phi) is 21.4. The van der Waals surface area contributed by atoms with Gasteiger partial charge in [-0.1, -0.05) is 0 Å². The summed E-state index contributed by atoms with van der Waals surface area (Å²) in [4.78, 5) is 3.25. The summed E-state index contributed by atoms with van der Waals surface area (Å²) >= 11 is 0. The largest absolute Gasteiger partial charge is 0.252 e. The Morgan fingerprint density at radius 1 is 1.75 bits per heavy atom. The molecule has 1 N–H and O–H groups in total. The molecule has 0 fully saturated rings. The van der Waals surface area contributed by atoms with Gasteiger partial charge in [-0.2, -0.15) is 0 Å². The second-order valence-electron chi connectivity index (χ2n) is 0.183. The molecule has 3 heteroatoms. The molecule has 0 atom stereocenters. The number of hydrogen-bond acceptors (Lipinski definition) is 2. The first-order valence-electron chi connectivity index (χ1n) is 0.591. The summed E-state index contributed by atoms with van der Waals surface area (Å²) in [7, 11) is 1.18. The maximum Gasteiger partial charge on any atom is 0.0710 e. The first-order valence-corrected chi connectivity index (χ1v) is 0.591. The zero-order chi connectivity index (χ0) is 2.71. The van der Waals surface area contributed by atoms with Crippen molar-refractivity contribution < 1.29 is 28.7 Å². The Morgan fingerprint density at radius 2 is 1.75 bits per heavy atom. The summed E-state index contributed by atoms with van der Waals surface area (Å²) in [6.45, 7) is 0. The average molecular weight is 99.0 g/mol. The average Bonchev–Trinajstić information content (AvgIpc) is 0.918. The van der Waals surface area contributed by atoms with Gasteiger partial charge < -0.3 is 0 Å². The van der Waals surface area contributed by atoms with Crippen LogP contribution in [0.3, 0.4) is 0 Å². The van der Waals surface area contributed by atoms with E-state index in [0.29, 0.717) is 0 Å². The first kappa shape index (κ1) is 8.82. The third-order valence-corrected chi connectivity index (χ3v) is 0. The minimum absolute atomic E-state index is 0. The molecule has 0 saturated carbocycles. The minimum Gasteiger partial charge on any atom is -0.252 e. The van der Waals surface area contributed by atoms with Crippen LogP contribution in [0.4, 0.5) is 0 Å². The number of rotatable bonds is 0. The quantitative estimate of drug-likeness (QED) is 0.344. The van der Waals surface area contributed by atoms with Crippen molar-refractivity contribution >= 4 is 0 Å². The van der Waals surface area contributed by atoms with E-state index in [0.717, 1.165) is 0 Å². The summed E-state index contributed by atoms with van der Waals surface area (Å²) < 4.78 is 0. The third kappa shape index (κ3) is 22.3. The summed E-state index contributed by atoms with van der Waals surface area (Å²) in [6.07, 6.45) is 0. The molecule has 0 aromatic heterocycles. The van der Waals surface area contributed by atoms with E-state index in [-0.39, 0.29) is 18.6 Å². The minimum atomic E-state index is 0. The third-order valence-electron chi connectivity index (χ3n) is 0. The molecule has 1 radical (unpaired) electrons. The molecule has 0 aliphatic rings. The van der Waals surface area contributed by atoms with Crippen LogP contribution in [0.1, 0.15) is 0 Å². The van der Waals surface area contributed by atoms with E-state index in [1.807, 2.05) is 0 Å². The molecule has 0 aromatic carbocycles. The summed E-state index contributed by atoms with van der Waals surface area (Å²) in [6, 6.07) is 0. The van der Waals surface area contributed by atoms with Crippen molar-refractivity contribution in [2.24, 2.45) is 0 Å². The van der Waals surface area contributed by atoms with Gasteiger partial charge in [0.05, 0.1) is 7.11 Å². The Bertz CT molecular complexity index is 6.00. The van der Waals surface area contributed by atoms with Gasteiger partial charge in [0.2, 0.25) is 0 Å². The van der Waals surface area contributed by atoms with E-state index < -0.39 is 0 Å². The van der Waals surface area contributed by atoms with Gasteiger partial charge in [0.25, 0.3) is 0 Å². The monoisotopic (exact) mass is 99.0 g/mol. The number of hydrogen-bond donors (Lipinski definition) is 1. The van der Waals surface area contributed by atoms with E-state index in [1.165, 1.54) is 7.11 Å². The Morgan fingerprint density at radius 3 is 1.75 bits per heavy atom. The molecular weight excluding hydrogens is 95.0 g/mol. The van der Waals surface area contributed by atoms with Crippen molar-refractivity contribution in [1.29, 1.82) is 0 Å². The van der Waals surface area contributed by atoms with Crippen LogP contribution in [0.2, 0.25) is 0 Å². The SMILES string of the molecule is COO.[V]. The molecular formula is CH4O2V. The van der Waals surface area contributed by atoms with Gasteiger partial charge in [-0.05, 0) is 0 Å². The van der Waals surface area contributed by atoms with Crippen molar-refractivity contribution in [3.63, 3.8) is 0 Å². The predicted octanol–water partition coefficient (Wildman–Crippen LogP) is 0.103. The predicted molar refractivity (Wildman–Crippen MR) is 9.64 cm³/mol. The molecule has 0 spiro atoms. The summed E-state index contributed by atoms with van der Waals surface area (Å²) in [5, 5.41) is 7.07. The molecule has 0 amide bonds. The van der Waals surface area contributed by atoms with Gasteiger partial charge in [0, 0.05) is 18.6 Å². The normalized spacial score (nSPS) is 4.50. The molecule has 0 unspecified atom stereocenters. The fourth-order valence-electron chi connectivity index (χ4n) is 0. The maximum atomic E-state index is 7.07. The standard InChI is InChI=1S/CH4O2.V/c1-3-2;/h2H,1H3;. The van der Waals surface area contributed by atoms with Crippen LogP contribution in [0.25, 0.3) is 0 Å². The van der Waals surface area contributed by atoms with Crippen molar-refractivity contribution in [3.05, 3.63) is 0 Å². The van der Waals surface area contributed by atoms with Crippen LogP contribution in [0, 0.1) is 0 Å². The molecule has 0 aliphatic heterocycles. The van der Waals surface area contributed by atoms with Crippen molar-refractivity contribution in [2.75, 3.05) is 7.11 Å². The molecule has 25 valence electrons. The maximum absolute atomic E-state index is 7.07. The van der Waals surface area contributed by atoms with Crippen LogP contribution in [0.15, 0.2) is 0 Å². The van der Waals surface area contributed by atoms with Crippen LogP contribution in [-0.2, 0) is 23.4 Å².